The van der Waals surface area contributed by atoms with E-state index in [-0.39, 0.29) is 11.9 Å². The van der Waals surface area contributed by atoms with Crippen molar-refractivity contribution in [1.82, 2.24) is 10.2 Å². The van der Waals surface area contributed by atoms with E-state index in [2.05, 4.69) is 29.4 Å². The van der Waals surface area contributed by atoms with E-state index in [1.807, 2.05) is 18.0 Å². The van der Waals surface area contributed by atoms with Crippen LogP contribution in [0, 0.1) is 5.82 Å². The highest BCUT2D eigenvalue weighted by Crippen LogP contribution is 2.15. The molecule has 3 nitrogen and oxygen atoms in total. The van der Waals surface area contributed by atoms with Crippen LogP contribution >= 0.6 is 11.6 Å². The lowest BCUT2D eigenvalue weighted by molar-refractivity contribution is 0.476. The van der Waals surface area contributed by atoms with Crippen LogP contribution in [0.2, 0.25) is 0 Å². The van der Waals surface area contributed by atoms with Crippen LogP contribution in [-0.4, -0.2) is 23.8 Å². The number of aliphatic imine (C=N–C) groups is 1. The Balaban J connectivity index is 2.16. The van der Waals surface area contributed by atoms with Gasteiger partial charge in [-0.05, 0) is 24.1 Å². The Morgan fingerprint density at radius 2 is 2.29 bits per heavy atom. The van der Waals surface area contributed by atoms with Crippen LogP contribution in [0.3, 0.4) is 0 Å². The fraction of sp³-hybridized carbons (Fsp3) is 0.312. The number of hydrogen-bond acceptors (Lipinski definition) is 3. The molecule has 0 aliphatic carbocycles. The van der Waals surface area contributed by atoms with Crippen LogP contribution < -0.4 is 5.32 Å². The van der Waals surface area contributed by atoms with E-state index in [0.717, 1.165) is 17.8 Å². The van der Waals surface area contributed by atoms with Gasteiger partial charge in [0.05, 0.1) is 0 Å². The molecule has 1 aromatic carbocycles. The van der Waals surface area contributed by atoms with E-state index in [1.165, 1.54) is 12.1 Å². The van der Waals surface area contributed by atoms with Gasteiger partial charge >= 0.3 is 0 Å². The molecular weight excluding hydrogens is 289 g/mol. The number of nitrogens with zero attached hydrogens (tertiary/aromatic N) is 2. The van der Waals surface area contributed by atoms with Crippen LogP contribution in [-0.2, 0) is 6.54 Å². The first-order valence-electron chi connectivity index (χ1n) is 6.92. The minimum absolute atomic E-state index is 0.0222. The molecule has 0 amide bonds. The number of allylic oxidation sites excluding steroid dienone is 1. The van der Waals surface area contributed by atoms with Crippen molar-refractivity contribution < 1.29 is 4.39 Å². The first-order valence-corrected chi connectivity index (χ1v) is 7.30. The zero-order chi connectivity index (χ0) is 15.2. The van der Waals surface area contributed by atoms with E-state index in [1.54, 1.807) is 12.3 Å². The van der Waals surface area contributed by atoms with Crippen LogP contribution in [0.5, 0.6) is 0 Å². The van der Waals surface area contributed by atoms with Crippen molar-refractivity contribution in [1.29, 1.82) is 0 Å². The largest absolute Gasteiger partial charge is 0.376 e. The first-order chi connectivity index (χ1) is 10.1. The Labute approximate surface area is 129 Å². The molecule has 1 atom stereocenters. The van der Waals surface area contributed by atoms with Gasteiger partial charge in [-0.15, -0.1) is 0 Å². The second-order valence-electron chi connectivity index (χ2n) is 4.90. The summed E-state index contributed by atoms with van der Waals surface area (Å²) >= 11 is 5.98. The molecule has 1 aliphatic rings. The molecule has 1 heterocycles. The van der Waals surface area contributed by atoms with Gasteiger partial charge < -0.3 is 10.2 Å². The van der Waals surface area contributed by atoms with Gasteiger partial charge in [-0.3, -0.25) is 0 Å². The maximum atomic E-state index is 13.3. The molecule has 0 radical (unpaired) electrons. The van der Waals surface area contributed by atoms with E-state index in [9.17, 15) is 4.39 Å². The normalized spacial score (nSPS) is 18.2. The molecule has 2 rings (SSSR count). The van der Waals surface area contributed by atoms with Gasteiger partial charge in [-0.1, -0.05) is 42.8 Å². The Morgan fingerprint density at radius 1 is 1.48 bits per heavy atom. The summed E-state index contributed by atoms with van der Waals surface area (Å²) in [6.07, 6.45) is 6.78. The van der Waals surface area contributed by atoms with Crippen LogP contribution in [0.1, 0.15) is 18.9 Å². The number of likely N-dealkylation sites (N-methyl/N-ethyl adjacent to an activating group) is 1. The molecule has 0 spiro atoms. The second kappa shape index (κ2) is 7.27. The molecule has 21 heavy (non-hydrogen) atoms. The smallest absolute Gasteiger partial charge is 0.146 e. The monoisotopic (exact) mass is 307 g/mol. The summed E-state index contributed by atoms with van der Waals surface area (Å²) in [5.74, 6) is 0.585. The summed E-state index contributed by atoms with van der Waals surface area (Å²) in [6.45, 7) is 2.65. The Kier molecular flexibility index (Phi) is 5.39. The number of benzene rings is 1. The van der Waals surface area contributed by atoms with Crippen LogP contribution in [0.4, 0.5) is 4.39 Å². The summed E-state index contributed by atoms with van der Waals surface area (Å²) in [7, 11) is 1.92. The molecule has 5 heteroatoms. The predicted octanol–water partition coefficient (Wildman–Crippen LogP) is 3.63. The van der Waals surface area contributed by atoms with Crippen molar-refractivity contribution in [2.75, 3.05) is 7.05 Å². The number of rotatable bonds is 4. The number of hydrogen-bond donors (Lipinski definition) is 1. The highest BCUT2D eigenvalue weighted by molar-refractivity contribution is 6.30. The maximum absolute atomic E-state index is 13.3. The third-order valence-corrected chi connectivity index (χ3v) is 3.34. The van der Waals surface area contributed by atoms with E-state index < -0.39 is 0 Å². The fourth-order valence-corrected chi connectivity index (χ4v) is 2.32. The molecular formula is C16H19ClFN3. The van der Waals surface area contributed by atoms with E-state index in [4.69, 9.17) is 11.6 Å². The zero-order valence-electron chi connectivity index (χ0n) is 12.2. The lowest BCUT2D eigenvalue weighted by Crippen LogP contribution is -2.43. The zero-order valence-corrected chi connectivity index (χ0v) is 12.9. The second-order valence-corrected chi connectivity index (χ2v) is 5.29. The van der Waals surface area contributed by atoms with Crippen molar-refractivity contribution >= 4 is 17.4 Å². The topological polar surface area (TPSA) is 27.6 Å². The van der Waals surface area contributed by atoms with Gasteiger partial charge in [-0.25, -0.2) is 9.38 Å². The van der Waals surface area contributed by atoms with E-state index >= 15 is 0 Å². The highest BCUT2D eigenvalue weighted by atomic mass is 35.5. The minimum Gasteiger partial charge on any atom is -0.376 e. The molecule has 0 fully saturated rings. The SMILES string of the molecule is CC/C=C/C1NC=C(Cl)N=C1N(C)Cc1cccc(F)c1. The summed E-state index contributed by atoms with van der Waals surface area (Å²) in [5, 5.41) is 3.62. The third kappa shape index (κ3) is 4.33. The van der Waals surface area contributed by atoms with Gasteiger partial charge in [0.25, 0.3) is 0 Å². The molecule has 0 bridgehead atoms. The molecule has 112 valence electrons. The van der Waals surface area contributed by atoms with Gasteiger partial charge in [-0.2, -0.15) is 0 Å². The summed E-state index contributed by atoms with van der Waals surface area (Å²) in [6, 6.07) is 6.55. The van der Waals surface area contributed by atoms with Crippen molar-refractivity contribution in [2.45, 2.75) is 25.9 Å². The lowest BCUT2D eigenvalue weighted by atomic mass is 10.1. The summed E-state index contributed by atoms with van der Waals surface area (Å²) < 4.78 is 13.3. The Hall–Kier alpha value is -1.81. The standard InChI is InChI=1S/C16H19ClFN3/c1-3-4-8-14-16(20-15(17)10-19-14)21(2)11-12-6-5-7-13(18)9-12/h4-10,14,19H,3,11H2,1-2H3/b8-4+. The molecule has 0 aromatic heterocycles. The number of halogens is 2. The quantitative estimate of drug-likeness (QED) is 0.679. The van der Waals surface area contributed by atoms with Gasteiger partial charge in [0.2, 0.25) is 0 Å². The molecule has 1 aromatic rings. The number of nitrogens with one attached hydrogen (secondary N) is 1. The molecule has 1 unspecified atom stereocenters. The van der Waals surface area contributed by atoms with Crippen LogP contribution in [0.15, 0.2) is 52.8 Å². The minimum atomic E-state index is -0.232. The highest BCUT2D eigenvalue weighted by Gasteiger charge is 2.20. The lowest BCUT2D eigenvalue weighted by Gasteiger charge is -2.29. The van der Waals surface area contributed by atoms with Crippen molar-refractivity contribution in [3.05, 3.63) is 59.2 Å². The van der Waals surface area contributed by atoms with Crippen molar-refractivity contribution in [2.24, 2.45) is 4.99 Å². The van der Waals surface area contributed by atoms with Crippen LogP contribution in [0.25, 0.3) is 0 Å². The summed E-state index contributed by atoms with van der Waals surface area (Å²) in [4.78, 5) is 6.37. The number of amidine groups is 1. The third-order valence-electron chi connectivity index (χ3n) is 3.15. The van der Waals surface area contributed by atoms with Gasteiger partial charge in [0.15, 0.2) is 0 Å². The molecule has 1 N–H and O–H groups in total. The first kappa shape index (κ1) is 15.6. The molecule has 1 aliphatic heterocycles. The Bertz CT molecular complexity index is 581. The average molecular weight is 308 g/mol. The molecule has 0 saturated carbocycles. The predicted molar refractivity (Wildman–Crippen MR) is 85.6 cm³/mol. The van der Waals surface area contributed by atoms with E-state index in [0.29, 0.717) is 11.7 Å². The maximum Gasteiger partial charge on any atom is 0.146 e. The van der Waals surface area contributed by atoms with Crippen molar-refractivity contribution in [3.8, 4) is 0 Å². The van der Waals surface area contributed by atoms with Crippen molar-refractivity contribution in [3.63, 3.8) is 0 Å². The Morgan fingerprint density at radius 3 is 3.00 bits per heavy atom. The van der Waals surface area contributed by atoms with Gasteiger partial charge in [0, 0.05) is 19.8 Å². The molecule has 0 saturated heterocycles. The average Bonchev–Trinajstić information content (AvgIpc) is 2.46. The van der Waals surface area contributed by atoms with Gasteiger partial charge in [0.1, 0.15) is 22.9 Å². The summed E-state index contributed by atoms with van der Waals surface area (Å²) in [5.41, 5.74) is 0.893. The fourth-order valence-electron chi connectivity index (χ4n) is 2.17.